The highest BCUT2D eigenvalue weighted by molar-refractivity contribution is 5.58. The number of fused-ring (bicyclic) bond motifs is 1. The van der Waals surface area contributed by atoms with E-state index in [2.05, 4.69) is 0 Å². The van der Waals surface area contributed by atoms with E-state index >= 15 is 0 Å². The van der Waals surface area contributed by atoms with Crippen LogP contribution in [0, 0.1) is 0 Å². The molecule has 22 heavy (non-hydrogen) atoms. The average molecular weight is 322 g/mol. The molecule has 0 N–H and O–H groups in total. The summed E-state index contributed by atoms with van der Waals surface area (Å²) in [5.41, 5.74) is -6.01. The van der Waals surface area contributed by atoms with E-state index in [1.807, 2.05) is 0 Å². The summed E-state index contributed by atoms with van der Waals surface area (Å²) in [7, 11) is 0. The molecule has 1 aliphatic rings. The van der Waals surface area contributed by atoms with Gasteiger partial charge in [0.25, 0.3) is 0 Å². The van der Waals surface area contributed by atoms with Gasteiger partial charge in [0.1, 0.15) is 11.5 Å². The minimum Gasteiger partial charge on any atom is -0.457 e. The van der Waals surface area contributed by atoms with Gasteiger partial charge in [-0.1, -0.05) is 24.3 Å². The Morgan fingerprint density at radius 2 is 1.45 bits per heavy atom. The van der Waals surface area contributed by atoms with Crippen molar-refractivity contribution in [2.75, 3.05) is 0 Å². The van der Waals surface area contributed by atoms with Crippen molar-refractivity contribution in [3.63, 3.8) is 0 Å². The summed E-state index contributed by atoms with van der Waals surface area (Å²) in [6, 6.07) is 4.34. The van der Waals surface area contributed by atoms with Crippen LogP contribution in [0.4, 0.5) is 26.3 Å². The van der Waals surface area contributed by atoms with Gasteiger partial charge < -0.3 is 4.74 Å². The van der Waals surface area contributed by atoms with Crippen molar-refractivity contribution in [3.05, 3.63) is 53.3 Å². The van der Waals surface area contributed by atoms with Gasteiger partial charge in [0.05, 0.1) is 0 Å². The van der Waals surface area contributed by atoms with Crippen LogP contribution in [-0.4, -0.2) is 12.4 Å². The van der Waals surface area contributed by atoms with Gasteiger partial charge in [0.2, 0.25) is 5.41 Å². The first kappa shape index (κ1) is 16.5. The Labute approximate surface area is 122 Å². The highest BCUT2D eigenvalue weighted by atomic mass is 19.4. The van der Waals surface area contributed by atoms with Crippen LogP contribution in [0.5, 0.6) is 5.75 Å². The summed E-state index contributed by atoms with van der Waals surface area (Å²) in [5, 5.41) is 0. The maximum atomic E-state index is 13.7. The topological polar surface area (TPSA) is 9.23 Å². The van der Waals surface area contributed by atoms with Crippen LogP contribution < -0.4 is 4.74 Å². The Morgan fingerprint density at radius 1 is 0.909 bits per heavy atom. The molecule has 1 nitrogen and oxygen atoms in total. The molecule has 0 atom stereocenters. The van der Waals surface area contributed by atoms with Crippen molar-refractivity contribution in [2.45, 2.75) is 31.6 Å². The van der Waals surface area contributed by atoms with Crippen molar-refractivity contribution in [2.24, 2.45) is 0 Å². The zero-order valence-corrected chi connectivity index (χ0v) is 11.6. The SMILES string of the molecule is CC=C1/C(=C\C)Oc2ccccc2C1(C(F)(F)F)C(F)(F)F. The molecule has 0 spiro atoms. The molecule has 0 amide bonds. The Hall–Kier alpha value is -1.92. The molecule has 2 rings (SSSR count). The molecule has 0 aliphatic carbocycles. The number of para-hydroxylation sites is 1. The lowest BCUT2D eigenvalue weighted by Crippen LogP contribution is -2.57. The van der Waals surface area contributed by atoms with E-state index in [0.717, 1.165) is 37.3 Å². The molecule has 0 saturated heterocycles. The molecule has 0 fully saturated rings. The third-order valence-corrected chi connectivity index (χ3v) is 3.58. The zero-order valence-electron chi connectivity index (χ0n) is 11.6. The fraction of sp³-hybridized carbons (Fsp3) is 0.333. The van der Waals surface area contributed by atoms with Gasteiger partial charge in [0, 0.05) is 11.1 Å². The van der Waals surface area contributed by atoms with Crippen LogP contribution in [0.25, 0.3) is 0 Å². The minimum absolute atomic E-state index is 0.448. The van der Waals surface area contributed by atoms with Gasteiger partial charge in [-0.05, 0) is 26.0 Å². The van der Waals surface area contributed by atoms with Gasteiger partial charge in [-0.2, -0.15) is 26.3 Å². The van der Waals surface area contributed by atoms with E-state index in [1.165, 1.54) is 13.0 Å². The predicted molar refractivity (Wildman–Crippen MR) is 68.4 cm³/mol. The van der Waals surface area contributed by atoms with E-state index in [-0.39, 0.29) is 0 Å². The standard InChI is InChI=1S/C15H12F6O/c1-3-9-11(4-2)22-12-8-6-5-7-10(12)13(9,14(16,17)18)15(19,20)21/h3-8H,1-2H3/b9-3?,11-4+. The van der Waals surface area contributed by atoms with E-state index < -0.39 is 40.4 Å². The zero-order chi connectivity index (χ0) is 16.8. The van der Waals surface area contributed by atoms with E-state index in [1.54, 1.807) is 0 Å². The smallest absolute Gasteiger partial charge is 0.411 e. The number of alkyl halides is 6. The van der Waals surface area contributed by atoms with E-state index in [9.17, 15) is 26.3 Å². The molecule has 0 radical (unpaired) electrons. The monoisotopic (exact) mass is 322 g/mol. The lowest BCUT2D eigenvalue weighted by atomic mass is 9.69. The van der Waals surface area contributed by atoms with Crippen molar-refractivity contribution in [1.82, 2.24) is 0 Å². The summed E-state index contributed by atoms with van der Waals surface area (Å²) in [4.78, 5) is 0. The van der Waals surface area contributed by atoms with Crippen molar-refractivity contribution in [1.29, 1.82) is 0 Å². The Kier molecular flexibility index (Phi) is 3.79. The van der Waals surface area contributed by atoms with Crippen molar-refractivity contribution < 1.29 is 31.1 Å². The highest BCUT2D eigenvalue weighted by Crippen LogP contribution is 2.61. The normalized spacial score (nSPS) is 21.6. The second kappa shape index (κ2) is 5.07. The summed E-state index contributed by atoms with van der Waals surface area (Å²) in [6.45, 7) is 2.45. The largest absolute Gasteiger partial charge is 0.457 e. The summed E-state index contributed by atoms with van der Waals surface area (Å²) in [5.74, 6) is -0.897. The predicted octanol–water partition coefficient (Wildman–Crippen LogP) is 5.29. The van der Waals surface area contributed by atoms with Gasteiger partial charge in [0.15, 0.2) is 0 Å². The molecule has 7 heteroatoms. The van der Waals surface area contributed by atoms with Crippen LogP contribution in [0.1, 0.15) is 19.4 Å². The molecule has 1 aromatic carbocycles. The summed E-state index contributed by atoms with van der Waals surface area (Å²) >= 11 is 0. The number of hydrogen-bond donors (Lipinski definition) is 0. The van der Waals surface area contributed by atoms with Gasteiger partial charge in [-0.25, -0.2) is 0 Å². The van der Waals surface area contributed by atoms with Crippen molar-refractivity contribution >= 4 is 0 Å². The highest BCUT2D eigenvalue weighted by Gasteiger charge is 2.75. The van der Waals surface area contributed by atoms with E-state index in [4.69, 9.17) is 4.74 Å². The molecule has 1 aliphatic heterocycles. The summed E-state index contributed by atoms with van der Waals surface area (Å²) in [6.07, 6.45) is -9.24. The lowest BCUT2D eigenvalue weighted by molar-refractivity contribution is -0.291. The number of hydrogen-bond acceptors (Lipinski definition) is 1. The number of allylic oxidation sites excluding steroid dienone is 3. The Morgan fingerprint density at radius 3 is 1.91 bits per heavy atom. The van der Waals surface area contributed by atoms with Crippen LogP contribution in [-0.2, 0) is 5.41 Å². The fourth-order valence-corrected chi connectivity index (χ4v) is 2.71. The average Bonchev–Trinajstić information content (AvgIpc) is 2.42. The first-order valence-electron chi connectivity index (χ1n) is 6.35. The number of ether oxygens (including phenoxy) is 1. The molecule has 0 bridgehead atoms. The third-order valence-electron chi connectivity index (χ3n) is 3.58. The Bertz CT molecular complexity index is 622. The number of halogens is 6. The molecule has 1 aromatic rings. The maximum Gasteiger partial charge on any atom is 0.411 e. The van der Waals surface area contributed by atoms with Crippen LogP contribution >= 0.6 is 0 Å². The van der Waals surface area contributed by atoms with Crippen LogP contribution in [0.2, 0.25) is 0 Å². The first-order chi connectivity index (χ1) is 10.1. The number of benzene rings is 1. The molecule has 1 heterocycles. The second-order valence-corrected chi connectivity index (χ2v) is 4.70. The molecular weight excluding hydrogens is 310 g/mol. The van der Waals surface area contributed by atoms with Crippen molar-refractivity contribution in [3.8, 4) is 5.75 Å². The van der Waals surface area contributed by atoms with Gasteiger partial charge >= 0.3 is 12.4 Å². The molecule has 120 valence electrons. The lowest BCUT2D eigenvalue weighted by Gasteiger charge is -2.43. The Balaban J connectivity index is 3.00. The molecular formula is C15H12F6O. The second-order valence-electron chi connectivity index (χ2n) is 4.70. The minimum atomic E-state index is -5.57. The summed E-state index contributed by atoms with van der Waals surface area (Å²) < 4.78 is 87.3. The fourth-order valence-electron chi connectivity index (χ4n) is 2.71. The van der Waals surface area contributed by atoms with Crippen LogP contribution in [0.3, 0.4) is 0 Å². The van der Waals surface area contributed by atoms with Crippen LogP contribution in [0.15, 0.2) is 47.7 Å². The van der Waals surface area contributed by atoms with E-state index in [0.29, 0.717) is 0 Å². The first-order valence-corrected chi connectivity index (χ1v) is 6.35. The van der Waals surface area contributed by atoms with Gasteiger partial charge in [-0.3, -0.25) is 0 Å². The van der Waals surface area contributed by atoms with Gasteiger partial charge in [-0.15, -0.1) is 0 Å². The molecule has 0 aromatic heterocycles. The maximum absolute atomic E-state index is 13.7. The number of rotatable bonds is 0. The third kappa shape index (κ3) is 2.02. The molecule has 0 saturated carbocycles. The quantitative estimate of drug-likeness (QED) is 0.590. The molecule has 0 unspecified atom stereocenters.